The molecule has 0 aromatic carbocycles. The SMILES string of the molecule is CC1CCN(S(=O)(=O)NC(=O)OC(C)C)C(CN)C1. The van der Waals surface area contributed by atoms with Crippen LogP contribution in [0.5, 0.6) is 0 Å². The predicted molar refractivity (Wildman–Crippen MR) is 71.6 cm³/mol. The van der Waals surface area contributed by atoms with E-state index in [-0.39, 0.29) is 18.7 Å². The Bertz CT molecular complexity index is 410. The van der Waals surface area contributed by atoms with Crippen LogP contribution in [-0.2, 0) is 14.9 Å². The van der Waals surface area contributed by atoms with Crippen LogP contribution in [0.15, 0.2) is 0 Å². The Kier molecular flexibility index (Phi) is 5.57. The molecular formula is C11H23N3O4S. The van der Waals surface area contributed by atoms with Crippen molar-refractivity contribution in [1.29, 1.82) is 0 Å². The zero-order valence-electron chi connectivity index (χ0n) is 11.6. The molecule has 1 rings (SSSR count). The molecule has 0 aromatic rings. The van der Waals surface area contributed by atoms with Crippen molar-refractivity contribution in [2.75, 3.05) is 13.1 Å². The molecule has 0 saturated carbocycles. The first-order chi connectivity index (χ1) is 8.76. The van der Waals surface area contributed by atoms with Gasteiger partial charge in [0.1, 0.15) is 0 Å². The summed E-state index contributed by atoms with van der Waals surface area (Å²) in [6, 6.07) is -0.270. The molecule has 7 nitrogen and oxygen atoms in total. The van der Waals surface area contributed by atoms with E-state index in [0.29, 0.717) is 18.9 Å². The molecule has 2 atom stereocenters. The van der Waals surface area contributed by atoms with E-state index in [1.165, 1.54) is 4.31 Å². The Balaban J connectivity index is 2.73. The summed E-state index contributed by atoms with van der Waals surface area (Å²) in [6.45, 7) is 5.97. The second-order valence-electron chi connectivity index (χ2n) is 5.19. The van der Waals surface area contributed by atoms with Crippen molar-refractivity contribution in [3.63, 3.8) is 0 Å². The van der Waals surface area contributed by atoms with Gasteiger partial charge in [-0.1, -0.05) is 6.92 Å². The third-order valence-corrected chi connectivity index (χ3v) is 4.58. The van der Waals surface area contributed by atoms with Crippen LogP contribution in [-0.4, -0.2) is 44.1 Å². The Labute approximate surface area is 114 Å². The number of rotatable bonds is 4. The molecule has 1 fully saturated rings. The molecule has 0 aliphatic carbocycles. The van der Waals surface area contributed by atoms with Crippen molar-refractivity contribution >= 4 is 16.3 Å². The molecule has 0 radical (unpaired) electrons. The molecule has 19 heavy (non-hydrogen) atoms. The first-order valence-corrected chi connectivity index (χ1v) is 7.90. The highest BCUT2D eigenvalue weighted by Crippen LogP contribution is 2.23. The average molecular weight is 293 g/mol. The van der Waals surface area contributed by atoms with Crippen molar-refractivity contribution in [3.8, 4) is 0 Å². The summed E-state index contributed by atoms with van der Waals surface area (Å²) >= 11 is 0. The molecule has 3 N–H and O–H groups in total. The van der Waals surface area contributed by atoms with Crippen molar-refractivity contribution in [2.45, 2.75) is 45.8 Å². The highest BCUT2D eigenvalue weighted by Gasteiger charge is 2.35. The van der Waals surface area contributed by atoms with Crippen LogP contribution in [0.1, 0.15) is 33.6 Å². The first kappa shape index (κ1) is 16.2. The van der Waals surface area contributed by atoms with Gasteiger partial charge >= 0.3 is 16.3 Å². The molecule has 8 heteroatoms. The maximum Gasteiger partial charge on any atom is 0.422 e. The van der Waals surface area contributed by atoms with Gasteiger partial charge < -0.3 is 10.5 Å². The van der Waals surface area contributed by atoms with E-state index in [1.54, 1.807) is 13.8 Å². The maximum absolute atomic E-state index is 12.1. The molecule has 1 saturated heterocycles. The third kappa shape index (κ3) is 4.63. The summed E-state index contributed by atoms with van der Waals surface area (Å²) in [6.07, 6.45) is 0.138. The number of hydrogen-bond donors (Lipinski definition) is 2. The summed E-state index contributed by atoms with van der Waals surface area (Å²) < 4.78 is 32.2. The monoisotopic (exact) mass is 293 g/mol. The van der Waals surface area contributed by atoms with Gasteiger partial charge in [0.2, 0.25) is 0 Å². The third-order valence-electron chi connectivity index (χ3n) is 3.06. The van der Waals surface area contributed by atoms with Gasteiger partial charge in [-0.05, 0) is 32.6 Å². The second-order valence-corrected chi connectivity index (χ2v) is 6.81. The average Bonchev–Trinajstić information content (AvgIpc) is 2.26. The zero-order valence-corrected chi connectivity index (χ0v) is 12.4. The van der Waals surface area contributed by atoms with Crippen molar-refractivity contribution in [1.82, 2.24) is 9.03 Å². The van der Waals surface area contributed by atoms with Crippen LogP contribution in [0.2, 0.25) is 0 Å². The lowest BCUT2D eigenvalue weighted by Crippen LogP contribution is -2.54. The number of ether oxygens (including phenoxy) is 1. The lowest BCUT2D eigenvalue weighted by Gasteiger charge is -2.36. The lowest BCUT2D eigenvalue weighted by atomic mass is 9.94. The smallest absolute Gasteiger partial charge is 0.422 e. The molecule has 0 bridgehead atoms. The molecule has 1 aliphatic heterocycles. The molecule has 112 valence electrons. The number of nitrogens with one attached hydrogen (secondary N) is 1. The molecular weight excluding hydrogens is 270 g/mol. The molecule has 1 aliphatic rings. The fourth-order valence-corrected chi connectivity index (χ4v) is 3.45. The fourth-order valence-electron chi connectivity index (χ4n) is 2.16. The minimum atomic E-state index is -3.88. The Morgan fingerprint density at radius 1 is 1.53 bits per heavy atom. The minimum absolute atomic E-state index is 0.241. The number of carbonyl (C=O) groups excluding carboxylic acids is 1. The van der Waals surface area contributed by atoms with Crippen LogP contribution in [0.4, 0.5) is 4.79 Å². The number of piperidine rings is 1. The number of carbonyl (C=O) groups is 1. The van der Waals surface area contributed by atoms with E-state index in [4.69, 9.17) is 10.5 Å². The van der Waals surface area contributed by atoms with Crippen LogP contribution < -0.4 is 10.5 Å². The van der Waals surface area contributed by atoms with Crippen molar-refractivity contribution < 1.29 is 17.9 Å². The van der Waals surface area contributed by atoms with E-state index in [1.807, 2.05) is 4.72 Å². The summed E-state index contributed by atoms with van der Waals surface area (Å²) in [4.78, 5) is 11.4. The topological polar surface area (TPSA) is 102 Å². The van der Waals surface area contributed by atoms with Crippen molar-refractivity contribution in [3.05, 3.63) is 0 Å². The first-order valence-electron chi connectivity index (χ1n) is 6.46. The Hall–Kier alpha value is -0.860. The summed E-state index contributed by atoms with van der Waals surface area (Å²) in [7, 11) is -3.88. The molecule has 0 spiro atoms. The Morgan fingerprint density at radius 3 is 2.68 bits per heavy atom. The van der Waals surface area contributed by atoms with Gasteiger partial charge in [-0.3, -0.25) is 0 Å². The van der Waals surface area contributed by atoms with Gasteiger partial charge in [0.25, 0.3) is 0 Å². The van der Waals surface area contributed by atoms with Crippen LogP contribution in [0.25, 0.3) is 0 Å². The predicted octanol–water partition coefficient (Wildman–Crippen LogP) is 0.425. The summed E-state index contributed by atoms with van der Waals surface area (Å²) in [5, 5.41) is 0. The maximum atomic E-state index is 12.1. The second kappa shape index (κ2) is 6.53. The van der Waals surface area contributed by atoms with E-state index < -0.39 is 16.3 Å². The summed E-state index contributed by atoms with van der Waals surface area (Å²) in [5.41, 5.74) is 5.61. The minimum Gasteiger partial charge on any atom is -0.446 e. The van der Waals surface area contributed by atoms with Crippen LogP contribution >= 0.6 is 0 Å². The quantitative estimate of drug-likeness (QED) is 0.782. The fraction of sp³-hybridized carbons (Fsp3) is 0.909. The number of nitrogens with two attached hydrogens (primary N) is 1. The van der Waals surface area contributed by atoms with E-state index in [9.17, 15) is 13.2 Å². The molecule has 0 aromatic heterocycles. The van der Waals surface area contributed by atoms with Crippen molar-refractivity contribution in [2.24, 2.45) is 11.7 Å². The van der Waals surface area contributed by atoms with Gasteiger partial charge in [0, 0.05) is 19.1 Å². The van der Waals surface area contributed by atoms with E-state index in [2.05, 4.69) is 6.92 Å². The number of nitrogens with zero attached hydrogens (tertiary/aromatic N) is 1. The Morgan fingerprint density at radius 2 is 2.16 bits per heavy atom. The van der Waals surface area contributed by atoms with Gasteiger partial charge in [0.05, 0.1) is 6.10 Å². The van der Waals surface area contributed by atoms with E-state index >= 15 is 0 Å². The molecule has 1 heterocycles. The highest BCUT2D eigenvalue weighted by atomic mass is 32.2. The standard InChI is InChI=1S/C11H23N3O4S/c1-8(2)18-11(15)13-19(16,17)14-5-4-9(3)6-10(14)7-12/h8-10H,4-7,12H2,1-3H3,(H,13,15). The highest BCUT2D eigenvalue weighted by molar-refractivity contribution is 7.87. The van der Waals surface area contributed by atoms with Gasteiger partial charge in [-0.2, -0.15) is 12.7 Å². The van der Waals surface area contributed by atoms with Gasteiger partial charge in [-0.15, -0.1) is 0 Å². The van der Waals surface area contributed by atoms with Gasteiger partial charge in [0.15, 0.2) is 0 Å². The largest absolute Gasteiger partial charge is 0.446 e. The van der Waals surface area contributed by atoms with E-state index in [0.717, 1.165) is 6.42 Å². The van der Waals surface area contributed by atoms with Gasteiger partial charge in [-0.25, -0.2) is 9.52 Å². The molecule has 2 unspecified atom stereocenters. The zero-order chi connectivity index (χ0) is 14.6. The summed E-state index contributed by atoms with van der Waals surface area (Å²) in [5.74, 6) is 0.433. The number of amides is 1. The lowest BCUT2D eigenvalue weighted by molar-refractivity contribution is 0.120. The van der Waals surface area contributed by atoms with Crippen LogP contribution in [0, 0.1) is 5.92 Å². The molecule has 1 amide bonds. The normalized spacial score (nSPS) is 25.3. The number of hydrogen-bond acceptors (Lipinski definition) is 5. The van der Waals surface area contributed by atoms with Crippen LogP contribution in [0.3, 0.4) is 0 Å².